The Balaban J connectivity index is 2.45. The highest BCUT2D eigenvalue weighted by Crippen LogP contribution is 2.31. The van der Waals surface area contributed by atoms with Gasteiger partial charge < -0.3 is 16.2 Å². The smallest absolute Gasteiger partial charge is 0.326 e. The molecular formula is C11H20N2O3. The van der Waals surface area contributed by atoms with E-state index in [9.17, 15) is 9.59 Å². The van der Waals surface area contributed by atoms with Crippen molar-refractivity contribution in [1.29, 1.82) is 0 Å². The van der Waals surface area contributed by atoms with Crippen LogP contribution in [0.2, 0.25) is 0 Å². The van der Waals surface area contributed by atoms with Crippen LogP contribution >= 0.6 is 0 Å². The largest absolute Gasteiger partial charge is 0.480 e. The summed E-state index contributed by atoms with van der Waals surface area (Å²) in [7, 11) is 0. The van der Waals surface area contributed by atoms with Crippen molar-refractivity contribution in [3.8, 4) is 0 Å². The van der Waals surface area contributed by atoms with Gasteiger partial charge >= 0.3 is 5.97 Å². The van der Waals surface area contributed by atoms with Gasteiger partial charge in [0.1, 0.15) is 6.04 Å². The first-order valence-electron chi connectivity index (χ1n) is 5.65. The molecule has 0 radical (unpaired) electrons. The number of hydrogen-bond acceptors (Lipinski definition) is 3. The number of nitrogens with two attached hydrogens (primary N) is 1. The summed E-state index contributed by atoms with van der Waals surface area (Å²) in [4.78, 5) is 22.5. The first-order chi connectivity index (χ1) is 7.34. The van der Waals surface area contributed by atoms with Crippen molar-refractivity contribution in [1.82, 2.24) is 5.32 Å². The molecule has 0 saturated heterocycles. The van der Waals surface area contributed by atoms with Gasteiger partial charge in [0.2, 0.25) is 5.91 Å². The van der Waals surface area contributed by atoms with Gasteiger partial charge in [0, 0.05) is 12.0 Å². The second-order valence-electron chi connectivity index (χ2n) is 5.02. The van der Waals surface area contributed by atoms with Crippen molar-refractivity contribution in [3.63, 3.8) is 0 Å². The molecule has 1 amide bonds. The lowest BCUT2D eigenvalue weighted by molar-refractivity contribution is -0.143. The summed E-state index contributed by atoms with van der Waals surface area (Å²) in [6, 6.07) is -0.823. The fourth-order valence-corrected chi connectivity index (χ4v) is 1.87. The maximum atomic E-state index is 11.6. The predicted molar refractivity (Wildman–Crippen MR) is 59.8 cm³/mol. The van der Waals surface area contributed by atoms with Crippen LogP contribution in [0.25, 0.3) is 0 Å². The third kappa shape index (κ3) is 3.20. The van der Waals surface area contributed by atoms with Gasteiger partial charge in [0.25, 0.3) is 0 Å². The molecule has 0 aromatic rings. The van der Waals surface area contributed by atoms with Crippen molar-refractivity contribution in [3.05, 3.63) is 0 Å². The monoisotopic (exact) mass is 228 g/mol. The lowest BCUT2D eigenvalue weighted by atomic mass is 9.75. The van der Waals surface area contributed by atoms with Crippen molar-refractivity contribution in [2.24, 2.45) is 11.7 Å². The van der Waals surface area contributed by atoms with E-state index in [0.29, 0.717) is 0 Å². The molecule has 0 aromatic carbocycles. The topological polar surface area (TPSA) is 92.4 Å². The zero-order valence-corrected chi connectivity index (χ0v) is 9.82. The third-order valence-corrected chi connectivity index (χ3v) is 3.11. The number of nitrogens with one attached hydrogen (secondary N) is 1. The summed E-state index contributed by atoms with van der Waals surface area (Å²) >= 11 is 0. The maximum absolute atomic E-state index is 11.6. The molecule has 1 rings (SSSR count). The van der Waals surface area contributed by atoms with Gasteiger partial charge in [0.05, 0.1) is 0 Å². The molecule has 1 fully saturated rings. The summed E-state index contributed by atoms with van der Waals surface area (Å²) in [5.41, 5.74) is 5.52. The van der Waals surface area contributed by atoms with Gasteiger partial charge in [-0.1, -0.05) is 13.8 Å². The van der Waals surface area contributed by atoms with Crippen LogP contribution in [-0.4, -0.2) is 28.6 Å². The second-order valence-corrected chi connectivity index (χ2v) is 5.02. The molecule has 92 valence electrons. The molecule has 0 heterocycles. The molecule has 0 unspecified atom stereocenters. The molecule has 1 saturated carbocycles. The second kappa shape index (κ2) is 4.82. The van der Waals surface area contributed by atoms with Gasteiger partial charge in [0.15, 0.2) is 0 Å². The lowest BCUT2D eigenvalue weighted by Gasteiger charge is -2.37. The van der Waals surface area contributed by atoms with Gasteiger partial charge in [-0.2, -0.15) is 0 Å². The SMILES string of the molecule is CC(C)[C@H](NC(=O)CC1(N)CCC1)C(=O)O. The molecular weight excluding hydrogens is 208 g/mol. The van der Waals surface area contributed by atoms with Crippen LogP contribution in [0.15, 0.2) is 0 Å². The Hall–Kier alpha value is -1.10. The number of carboxylic acids is 1. The van der Waals surface area contributed by atoms with Crippen LogP contribution < -0.4 is 11.1 Å². The first kappa shape index (κ1) is 13.0. The number of hydrogen-bond donors (Lipinski definition) is 3. The van der Waals surface area contributed by atoms with Crippen molar-refractivity contribution in [2.45, 2.75) is 51.1 Å². The van der Waals surface area contributed by atoms with E-state index in [1.807, 2.05) is 0 Å². The standard InChI is InChI=1S/C11H20N2O3/c1-7(2)9(10(15)16)13-8(14)6-11(12)4-3-5-11/h7,9H,3-6,12H2,1-2H3,(H,13,14)(H,15,16)/t9-/m0/s1. The Labute approximate surface area is 95.4 Å². The minimum Gasteiger partial charge on any atom is -0.480 e. The van der Waals surface area contributed by atoms with Crippen LogP contribution in [0.4, 0.5) is 0 Å². The van der Waals surface area contributed by atoms with E-state index in [0.717, 1.165) is 19.3 Å². The number of aliphatic carboxylic acids is 1. The summed E-state index contributed by atoms with van der Waals surface area (Å²) < 4.78 is 0. The normalized spacial score (nSPS) is 20.0. The van der Waals surface area contributed by atoms with E-state index < -0.39 is 17.6 Å². The van der Waals surface area contributed by atoms with E-state index in [-0.39, 0.29) is 18.2 Å². The highest BCUT2D eigenvalue weighted by molar-refractivity contribution is 5.84. The van der Waals surface area contributed by atoms with Gasteiger partial charge in [-0.3, -0.25) is 4.79 Å². The lowest BCUT2D eigenvalue weighted by Crippen LogP contribution is -2.52. The Bertz CT molecular complexity index is 285. The quantitative estimate of drug-likeness (QED) is 0.638. The molecule has 0 aromatic heterocycles. The Morgan fingerprint density at radius 2 is 2.00 bits per heavy atom. The fraction of sp³-hybridized carbons (Fsp3) is 0.818. The molecule has 1 aliphatic rings. The zero-order valence-electron chi connectivity index (χ0n) is 9.82. The maximum Gasteiger partial charge on any atom is 0.326 e. The van der Waals surface area contributed by atoms with Crippen molar-refractivity contribution >= 4 is 11.9 Å². The number of carbonyl (C=O) groups is 2. The Morgan fingerprint density at radius 1 is 1.44 bits per heavy atom. The van der Waals surface area contributed by atoms with Crippen LogP contribution in [0.3, 0.4) is 0 Å². The summed E-state index contributed by atoms with van der Waals surface area (Å²) in [6.45, 7) is 3.53. The molecule has 1 aliphatic carbocycles. The molecule has 0 bridgehead atoms. The molecule has 5 heteroatoms. The predicted octanol–water partition coefficient (Wildman–Crippen LogP) is 0.483. The summed E-state index contributed by atoms with van der Waals surface area (Å²) in [6.07, 6.45) is 2.97. The zero-order chi connectivity index (χ0) is 12.3. The molecule has 0 aliphatic heterocycles. The number of amides is 1. The van der Waals surface area contributed by atoms with Crippen molar-refractivity contribution in [2.75, 3.05) is 0 Å². The van der Waals surface area contributed by atoms with Crippen LogP contribution in [-0.2, 0) is 9.59 Å². The average molecular weight is 228 g/mol. The van der Waals surface area contributed by atoms with Crippen LogP contribution in [0.1, 0.15) is 39.5 Å². The molecule has 16 heavy (non-hydrogen) atoms. The fourth-order valence-electron chi connectivity index (χ4n) is 1.87. The minimum absolute atomic E-state index is 0.128. The van der Waals surface area contributed by atoms with Gasteiger partial charge in [-0.15, -0.1) is 0 Å². The average Bonchev–Trinajstić information content (AvgIpc) is 2.10. The van der Waals surface area contributed by atoms with E-state index >= 15 is 0 Å². The summed E-state index contributed by atoms with van der Waals surface area (Å²) in [5.74, 6) is -1.39. The first-order valence-corrected chi connectivity index (χ1v) is 5.65. The third-order valence-electron chi connectivity index (χ3n) is 3.11. The molecule has 1 atom stereocenters. The summed E-state index contributed by atoms with van der Waals surface area (Å²) in [5, 5.41) is 11.4. The Morgan fingerprint density at radius 3 is 2.31 bits per heavy atom. The van der Waals surface area contributed by atoms with Crippen LogP contribution in [0.5, 0.6) is 0 Å². The van der Waals surface area contributed by atoms with E-state index in [2.05, 4.69) is 5.32 Å². The highest BCUT2D eigenvalue weighted by Gasteiger charge is 2.35. The molecule has 4 N–H and O–H groups in total. The van der Waals surface area contributed by atoms with Crippen molar-refractivity contribution < 1.29 is 14.7 Å². The molecule has 0 spiro atoms. The van der Waals surface area contributed by atoms with E-state index in [1.54, 1.807) is 13.8 Å². The number of carbonyl (C=O) groups excluding carboxylic acids is 1. The van der Waals surface area contributed by atoms with Gasteiger partial charge in [-0.05, 0) is 25.2 Å². The minimum atomic E-state index is -0.997. The number of rotatable bonds is 5. The van der Waals surface area contributed by atoms with Crippen LogP contribution in [0, 0.1) is 5.92 Å². The molecule has 5 nitrogen and oxygen atoms in total. The Kier molecular flexibility index (Phi) is 3.91. The van der Waals surface area contributed by atoms with Gasteiger partial charge in [-0.25, -0.2) is 4.79 Å². The van der Waals surface area contributed by atoms with E-state index in [4.69, 9.17) is 10.8 Å². The van der Waals surface area contributed by atoms with E-state index in [1.165, 1.54) is 0 Å². The number of carboxylic acid groups (broad SMARTS) is 1. The highest BCUT2D eigenvalue weighted by atomic mass is 16.4.